The number of aliphatic imine (C=N–C) groups is 1. The molecule has 0 saturated heterocycles. The van der Waals surface area contributed by atoms with Crippen LogP contribution in [0.3, 0.4) is 0 Å². The van der Waals surface area contributed by atoms with Gasteiger partial charge in [0, 0.05) is 20.0 Å². The van der Waals surface area contributed by atoms with Crippen LogP contribution in [0, 0.1) is 0 Å². The quantitative estimate of drug-likeness (QED) is 0.134. The van der Waals surface area contributed by atoms with E-state index >= 15 is 0 Å². The first kappa shape index (κ1) is 26.4. The summed E-state index contributed by atoms with van der Waals surface area (Å²) in [4.78, 5) is 52.5. The topological polar surface area (TPSA) is 181 Å². The average Bonchev–Trinajstić information content (AvgIpc) is 2.73. The van der Waals surface area contributed by atoms with Gasteiger partial charge in [0.25, 0.3) is 0 Å². The number of hydrogen-bond donors (Lipinski definition) is 6. The summed E-state index contributed by atoms with van der Waals surface area (Å²) in [5.74, 6) is -1.86. The molecule has 0 saturated carbocycles. The third-order valence-electron chi connectivity index (χ3n) is 4.45. The minimum Gasteiger partial charge on any atom is -0.370 e. The van der Waals surface area contributed by atoms with Crippen LogP contribution >= 0.6 is 0 Å². The maximum Gasteiger partial charge on any atom is 0.243 e. The number of guanidine groups is 1. The van der Waals surface area contributed by atoms with Crippen molar-refractivity contribution in [2.45, 2.75) is 58.3 Å². The Morgan fingerprint density at radius 2 is 1.53 bits per heavy atom. The molecule has 0 aliphatic carbocycles. The second-order valence-electron chi connectivity index (χ2n) is 7.37. The van der Waals surface area contributed by atoms with Gasteiger partial charge >= 0.3 is 0 Å². The SMILES string of the molecule is CC(=O)N[C@@H](C)C(=O)NC(CCCN=C(N)N)C(=O)N[C@@H](C)C(=O)NCc1ccccc1. The second kappa shape index (κ2) is 13.6. The van der Waals surface area contributed by atoms with Gasteiger partial charge in [0.05, 0.1) is 0 Å². The van der Waals surface area contributed by atoms with Crippen LogP contribution in [0.1, 0.15) is 39.2 Å². The van der Waals surface area contributed by atoms with Crippen molar-refractivity contribution in [3.8, 4) is 0 Å². The van der Waals surface area contributed by atoms with E-state index in [2.05, 4.69) is 26.3 Å². The number of amides is 4. The number of nitrogens with zero attached hydrogens (tertiary/aromatic N) is 1. The molecule has 11 nitrogen and oxygen atoms in total. The van der Waals surface area contributed by atoms with Crippen LogP contribution in [-0.2, 0) is 25.7 Å². The molecule has 0 aromatic heterocycles. The minimum atomic E-state index is -0.933. The van der Waals surface area contributed by atoms with Crippen molar-refractivity contribution in [1.82, 2.24) is 21.3 Å². The van der Waals surface area contributed by atoms with Crippen molar-refractivity contribution >= 4 is 29.6 Å². The maximum atomic E-state index is 12.8. The van der Waals surface area contributed by atoms with Crippen molar-refractivity contribution in [2.75, 3.05) is 6.54 Å². The summed E-state index contributed by atoms with van der Waals surface area (Å²) in [5.41, 5.74) is 11.5. The van der Waals surface area contributed by atoms with Crippen LogP contribution in [0.4, 0.5) is 0 Å². The Kier molecular flexibility index (Phi) is 11.2. The van der Waals surface area contributed by atoms with Crippen molar-refractivity contribution in [2.24, 2.45) is 16.5 Å². The zero-order chi connectivity index (χ0) is 24.1. The Balaban J connectivity index is 2.70. The molecule has 0 aliphatic heterocycles. The summed E-state index contributed by atoms with van der Waals surface area (Å²) in [6.07, 6.45) is 0.652. The van der Waals surface area contributed by atoms with Gasteiger partial charge in [0.1, 0.15) is 18.1 Å². The van der Waals surface area contributed by atoms with E-state index in [0.717, 1.165) is 5.56 Å². The summed E-state index contributed by atoms with van der Waals surface area (Å²) in [5, 5.41) is 10.4. The third kappa shape index (κ3) is 10.4. The molecule has 3 atom stereocenters. The molecule has 0 heterocycles. The fraction of sp³-hybridized carbons (Fsp3) is 0.476. The lowest BCUT2D eigenvalue weighted by Gasteiger charge is -2.23. The molecule has 1 aromatic rings. The highest BCUT2D eigenvalue weighted by atomic mass is 16.2. The first-order valence-electron chi connectivity index (χ1n) is 10.3. The highest BCUT2D eigenvalue weighted by Gasteiger charge is 2.26. The first-order chi connectivity index (χ1) is 15.1. The average molecular weight is 448 g/mol. The molecule has 0 radical (unpaired) electrons. The highest BCUT2D eigenvalue weighted by Crippen LogP contribution is 2.02. The highest BCUT2D eigenvalue weighted by molar-refractivity contribution is 5.93. The molecule has 1 aromatic carbocycles. The number of hydrogen-bond acceptors (Lipinski definition) is 5. The molecule has 11 heteroatoms. The number of benzene rings is 1. The number of carbonyl (C=O) groups excluding carboxylic acids is 4. The van der Waals surface area contributed by atoms with Crippen molar-refractivity contribution in [3.05, 3.63) is 35.9 Å². The van der Waals surface area contributed by atoms with Gasteiger partial charge in [-0.15, -0.1) is 0 Å². The minimum absolute atomic E-state index is 0.0713. The lowest BCUT2D eigenvalue weighted by atomic mass is 10.1. The van der Waals surface area contributed by atoms with Gasteiger partial charge in [-0.05, 0) is 32.3 Å². The van der Waals surface area contributed by atoms with E-state index in [1.54, 1.807) is 6.92 Å². The molecular formula is C21H33N7O4. The smallest absolute Gasteiger partial charge is 0.243 e. The van der Waals surface area contributed by atoms with Crippen molar-refractivity contribution in [3.63, 3.8) is 0 Å². The summed E-state index contributed by atoms with van der Waals surface area (Å²) < 4.78 is 0. The van der Waals surface area contributed by atoms with Crippen LogP contribution in [0.25, 0.3) is 0 Å². The van der Waals surface area contributed by atoms with Gasteiger partial charge < -0.3 is 32.7 Å². The maximum absolute atomic E-state index is 12.8. The first-order valence-corrected chi connectivity index (χ1v) is 10.3. The van der Waals surface area contributed by atoms with Gasteiger partial charge in [-0.25, -0.2) is 0 Å². The van der Waals surface area contributed by atoms with Gasteiger partial charge in [-0.2, -0.15) is 0 Å². The molecule has 1 rings (SSSR count). The molecule has 8 N–H and O–H groups in total. The Morgan fingerprint density at radius 1 is 0.906 bits per heavy atom. The van der Waals surface area contributed by atoms with Gasteiger partial charge in [-0.1, -0.05) is 30.3 Å². The molecule has 0 spiro atoms. The fourth-order valence-corrected chi connectivity index (χ4v) is 2.76. The monoisotopic (exact) mass is 447 g/mol. The van der Waals surface area contributed by atoms with E-state index in [-0.39, 0.29) is 30.7 Å². The van der Waals surface area contributed by atoms with Gasteiger partial charge in [0.15, 0.2) is 5.96 Å². The lowest BCUT2D eigenvalue weighted by molar-refractivity contribution is -0.133. The van der Waals surface area contributed by atoms with Crippen LogP contribution in [-0.4, -0.2) is 54.3 Å². The Morgan fingerprint density at radius 3 is 2.12 bits per heavy atom. The van der Waals surface area contributed by atoms with Crippen LogP contribution in [0.5, 0.6) is 0 Å². The zero-order valence-corrected chi connectivity index (χ0v) is 18.7. The normalized spacial score (nSPS) is 13.1. The Hall–Kier alpha value is -3.63. The van der Waals surface area contributed by atoms with Gasteiger partial charge in [0.2, 0.25) is 23.6 Å². The third-order valence-corrected chi connectivity index (χ3v) is 4.45. The zero-order valence-electron chi connectivity index (χ0n) is 18.7. The predicted octanol–water partition coefficient (Wildman–Crippen LogP) is -1.13. The van der Waals surface area contributed by atoms with E-state index in [1.165, 1.54) is 13.8 Å². The van der Waals surface area contributed by atoms with E-state index < -0.39 is 29.9 Å². The lowest BCUT2D eigenvalue weighted by Crippen LogP contribution is -2.55. The standard InChI is InChI=1S/C21H33N7O4/c1-13(18(30)25-12-16-8-5-4-6-9-16)27-20(32)17(10-7-11-24-21(22)23)28-19(31)14(2)26-15(3)29/h4-6,8-9,13-14,17H,7,10-12H2,1-3H3,(H,25,30)(H,26,29)(H,27,32)(H,28,31)(H4,22,23,24)/t13-,14-,17?/m0/s1. The number of nitrogens with one attached hydrogen (secondary N) is 4. The number of nitrogens with two attached hydrogens (primary N) is 2. The van der Waals surface area contributed by atoms with Crippen LogP contribution in [0.15, 0.2) is 35.3 Å². The van der Waals surface area contributed by atoms with E-state index in [4.69, 9.17) is 11.5 Å². The molecular weight excluding hydrogens is 414 g/mol. The molecule has 4 amide bonds. The fourth-order valence-electron chi connectivity index (χ4n) is 2.76. The molecule has 0 aliphatic rings. The largest absolute Gasteiger partial charge is 0.370 e. The van der Waals surface area contributed by atoms with E-state index in [1.807, 2.05) is 30.3 Å². The van der Waals surface area contributed by atoms with Gasteiger partial charge in [-0.3, -0.25) is 24.2 Å². The Bertz CT molecular complexity index is 810. The number of rotatable bonds is 12. The van der Waals surface area contributed by atoms with E-state index in [9.17, 15) is 19.2 Å². The van der Waals surface area contributed by atoms with Crippen LogP contribution in [0.2, 0.25) is 0 Å². The molecule has 0 fully saturated rings. The Labute approximate surface area is 187 Å². The molecule has 176 valence electrons. The second-order valence-corrected chi connectivity index (χ2v) is 7.37. The summed E-state index contributed by atoms with van der Waals surface area (Å²) in [6.45, 7) is 4.95. The van der Waals surface area contributed by atoms with E-state index in [0.29, 0.717) is 13.0 Å². The summed E-state index contributed by atoms with van der Waals surface area (Å²) >= 11 is 0. The predicted molar refractivity (Wildman–Crippen MR) is 121 cm³/mol. The molecule has 32 heavy (non-hydrogen) atoms. The summed E-state index contributed by atoms with van der Waals surface area (Å²) in [6, 6.07) is 6.78. The number of carbonyl (C=O) groups is 4. The van der Waals surface area contributed by atoms with Crippen molar-refractivity contribution in [1.29, 1.82) is 0 Å². The van der Waals surface area contributed by atoms with Crippen molar-refractivity contribution < 1.29 is 19.2 Å². The molecule has 1 unspecified atom stereocenters. The van der Waals surface area contributed by atoms with Crippen LogP contribution < -0.4 is 32.7 Å². The molecule has 0 bridgehead atoms. The summed E-state index contributed by atoms with van der Waals surface area (Å²) in [7, 11) is 0.